The minimum atomic E-state index is -0.277. The Balaban J connectivity index is 1.51. The number of hydrogen-bond acceptors (Lipinski definition) is 6. The van der Waals surface area contributed by atoms with Crippen molar-refractivity contribution in [3.05, 3.63) is 44.6 Å². The molecule has 0 radical (unpaired) electrons. The van der Waals surface area contributed by atoms with Gasteiger partial charge in [0.15, 0.2) is 11.5 Å². The van der Waals surface area contributed by atoms with E-state index in [1.165, 1.54) is 25.6 Å². The van der Waals surface area contributed by atoms with Gasteiger partial charge in [-0.15, -0.1) is 11.3 Å². The van der Waals surface area contributed by atoms with Crippen LogP contribution >= 0.6 is 27.3 Å². The SMILES string of the molecule is COc1ccc(C(=O)N2CCN(C(=O)CNC(=O)c3ccc(Br)s3)CC2)cc1OC. The molecule has 10 heteroatoms. The van der Waals surface area contributed by atoms with Crippen LogP contribution in [0.4, 0.5) is 0 Å². The van der Waals surface area contributed by atoms with Crippen LogP contribution in [-0.2, 0) is 4.79 Å². The fourth-order valence-electron chi connectivity index (χ4n) is 3.10. The van der Waals surface area contributed by atoms with Crippen LogP contribution < -0.4 is 14.8 Å². The monoisotopic (exact) mass is 495 g/mol. The Labute approximate surface area is 186 Å². The molecule has 1 aliphatic rings. The van der Waals surface area contributed by atoms with Gasteiger partial charge in [0.2, 0.25) is 5.91 Å². The van der Waals surface area contributed by atoms with E-state index in [4.69, 9.17) is 9.47 Å². The Morgan fingerprint density at radius 2 is 1.67 bits per heavy atom. The van der Waals surface area contributed by atoms with Gasteiger partial charge >= 0.3 is 0 Å². The van der Waals surface area contributed by atoms with Gasteiger partial charge in [0.25, 0.3) is 11.8 Å². The second kappa shape index (κ2) is 9.94. The van der Waals surface area contributed by atoms with Gasteiger partial charge in [0, 0.05) is 31.7 Å². The summed E-state index contributed by atoms with van der Waals surface area (Å²) < 4.78 is 11.3. The van der Waals surface area contributed by atoms with Crippen LogP contribution in [0.5, 0.6) is 11.5 Å². The Bertz CT molecular complexity index is 940. The van der Waals surface area contributed by atoms with Gasteiger partial charge in [0.05, 0.1) is 29.4 Å². The number of ether oxygens (including phenoxy) is 2. The molecule has 30 heavy (non-hydrogen) atoms. The number of thiophene rings is 1. The summed E-state index contributed by atoms with van der Waals surface area (Å²) in [4.78, 5) is 41.2. The van der Waals surface area contributed by atoms with Crippen LogP contribution in [0.3, 0.4) is 0 Å². The number of halogens is 1. The normalized spacial score (nSPS) is 13.7. The third-order valence-corrected chi connectivity index (χ3v) is 6.37. The number of benzene rings is 1. The van der Waals surface area contributed by atoms with Crippen molar-refractivity contribution in [2.24, 2.45) is 0 Å². The molecule has 3 rings (SSSR count). The van der Waals surface area contributed by atoms with Gasteiger partial charge in [-0.25, -0.2) is 0 Å². The lowest BCUT2D eigenvalue weighted by Crippen LogP contribution is -2.52. The maximum Gasteiger partial charge on any atom is 0.261 e. The van der Waals surface area contributed by atoms with Crippen molar-refractivity contribution in [2.45, 2.75) is 0 Å². The van der Waals surface area contributed by atoms with Crippen LogP contribution in [0.25, 0.3) is 0 Å². The molecule has 1 fully saturated rings. The fourth-order valence-corrected chi connectivity index (χ4v) is 4.40. The third-order valence-electron chi connectivity index (χ3n) is 4.75. The zero-order valence-corrected chi connectivity index (χ0v) is 19.0. The molecule has 0 atom stereocenters. The lowest BCUT2D eigenvalue weighted by Gasteiger charge is -2.35. The lowest BCUT2D eigenvalue weighted by molar-refractivity contribution is -0.131. The van der Waals surface area contributed by atoms with Crippen molar-refractivity contribution < 1.29 is 23.9 Å². The Morgan fingerprint density at radius 1 is 1.00 bits per heavy atom. The summed E-state index contributed by atoms with van der Waals surface area (Å²) in [5.74, 6) is 0.477. The highest BCUT2D eigenvalue weighted by Crippen LogP contribution is 2.28. The van der Waals surface area contributed by atoms with Crippen molar-refractivity contribution in [3.63, 3.8) is 0 Å². The van der Waals surface area contributed by atoms with Gasteiger partial charge in [-0.05, 0) is 46.3 Å². The number of amides is 3. The molecule has 1 N–H and O–H groups in total. The molecule has 0 aliphatic carbocycles. The minimum absolute atomic E-state index is 0.0715. The number of methoxy groups -OCH3 is 2. The second-order valence-corrected chi connectivity index (χ2v) is 8.99. The smallest absolute Gasteiger partial charge is 0.261 e. The molecule has 0 spiro atoms. The van der Waals surface area contributed by atoms with Crippen molar-refractivity contribution in [1.29, 1.82) is 0 Å². The topological polar surface area (TPSA) is 88.2 Å². The molecule has 1 aliphatic heterocycles. The van der Waals surface area contributed by atoms with Crippen molar-refractivity contribution in [1.82, 2.24) is 15.1 Å². The zero-order valence-electron chi connectivity index (χ0n) is 16.6. The molecule has 1 aromatic carbocycles. The van der Waals surface area contributed by atoms with Crippen LogP contribution in [-0.4, -0.2) is 74.5 Å². The second-order valence-electron chi connectivity index (χ2n) is 6.53. The van der Waals surface area contributed by atoms with E-state index in [1.54, 1.807) is 40.1 Å². The van der Waals surface area contributed by atoms with E-state index in [-0.39, 0.29) is 24.3 Å². The van der Waals surface area contributed by atoms with Gasteiger partial charge in [-0.1, -0.05) is 0 Å². The summed E-state index contributed by atoms with van der Waals surface area (Å²) in [5.41, 5.74) is 0.502. The quantitative estimate of drug-likeness (QED) is 0.663. The van der Waals surface area contributed by atoms with Gasteiger partial charge in [-0.2, -0.15) is 0 Å². The van der Waals surface area contributed by atoms with Crippen LogP contribution in [0, 0.1) is 0 Å². The Morgan fingerprint density at radius 3 is 2.27 bits per heavy atom. The van der Waals surface area contributed by atoms with Gasteiger partial charge in [-0.3, -0.25) is 14.4 Å². The largest absolute Gasteiger partial charge is 0.493 e. The van der Waals surface area contributed by atoms with Crippen LogP contribution in [0.15, 0.2) is 34.1 Å². The average molecular weight is 496 g/mol. The van der Waals surface area contributed by atoms with Crippen molar-refractivity contribution in [3.8, 4) is 11.5 Å². The molecule has 2 heterocycles. The number of piperazine rings is 1. The minimum Gasteiger partial charge on any atom is -0.493 e. The third kappa shape index (κ3) is 5.11. The Kier molecular flexibility index (Phi) is 7.33. The number of rotatable bonds is 6. The standard InChI is InChI=1S/C20H22BrN3O5S/c1-28-14-4-3-13(11-15(14)29-2)20(27)24-9-7-23(8-10-24)18(25)12-22-19(26)16-5-6-17(21)30-16/h3-6,11H,7-10,12H2,1-2H3,(H,22,26). The van der Waals surface area contributed by atoms with Gasteiger partial charge in [0.1, 0.15) is 0 Å². The molecule has 2 aromatic rings. The van der Waals surface area contributed by atoms with Gasteiger partial charge < -0.3 is 24.6 Å². The van der Waals surface area contributed by atoms with Crippen molar-refractivity contribution in [2.75, 3.05) is 46.9 Å². The summed E-state index contributed by atoms with van der Waals surface area (Å²) >= 11 is 4.62. The highest BCUT2D eigenvalue weighted by atomic mass is 79.9. The predicted octanol–water partition coefficient (Wildman–Crippen LogP) is 2.24. The number of nitrogens with zero attached hydrogens (tertiary/aromatic N) is 2. The molecule has 3 amide bonds. The molecule has 1 aromatic heterocycles. The molecule has 0 unspecified atom stereocenters. The number of carbonyl (C=O) groups excluding carboxylic acids is 3. The zero-order chi connectivity index (χ0) is 21.7. The maximum absolute atomic E-state index is 12.8. The first-order valence-corrected chi connectivity index (χ1v) is 10.9. The van der Waals surface area contributed by atoms with E-state index in [1.807, 2.05) is 0 Å². The number of carbonyl (C=O) groups is 3. The first kappa shape index (κ1) is 22.1. The molecule has 8 nitrogen and oxygen atoms in total. The van der Waals surface area contributed by atoms with Crippen LogP contribution in [0.2, 0.25) is 0 Å². The Hall–Kier alpha value is -2.59. The summed E-state index contributed by atoms with van der Waals surface area (Å²) in [6.45, 7) is 1.60. The van der Waals surface area contributed by atoms with Crippen LogP contribution in [0.1, 0.15) is 20.0 Å². The molecule has 160 valence electrons. The highest BCUT2D eigenvalue weighted by Gasteiger charge is 2.25. The molecular weight excluding hydrogens is 474 g/mol. The molecule has 0 bridgehead atoms. The van der Waals surface area contributed by atoms with E-state index in [2.05, 4.69) is 21.2 Å². The average Bonchev–Trinajstić information content (AvgIpc) is 3.22. The predicted molar refractivity (Wildman–Crippen MR) is 116 cm³/mol. The van der Waals surface area contributed by atoms with E-state index < -0.39 is 0 Å². The molecule has 0 saturated carbocycles. The lowest BCUT2D eigenvalue weighted by atomic mass is 10.1. The van der Waals surface area contributed by atoms with Crippen molar-refractivity contribution >= 4 is 45.0 Å². The van der Waals surface area contributed by atoms with E-state index in [0.717, 1.165) is 3.79 Å². The maximum atomic E-state index is 12.8. The summed E-state index contributed by atoms with van der Waals surface area (Å²) in [6, 6.07) is 8.53. The number of hydrogen-bond donors (Lipinski definition) is 1. The summed E-state index contributed by atoms with van der Waals surface area (Å²) in [5, 5.41) is 2.65. The van der Waals surface area contributed by atoms with E-state index in [0.29, 0.717) is 48.1 Å². The summed E-state index contributed by atoms with van der Waals surface area (Å²) in [7, 11) is 3.06. The molecule has 1 saturated heterocycles. The van der Waals surface area contributed by atoms with E-state index >= 15 is 0 Å². The fraction of sp³-hybridized carbons (Fsp3) is 0.350. The first-order valence-electron chi connectivity index (χ1n) is 9.25. The molecular formula is C20H22BrN3O5S. The highest BCUT2D eigenvalue weighted by molar-refractivity contribution is 9.11. The van der Waals surface area contributed by atoms with E-state index in [9.17, 15) is 14.4 Å². The number of nitrogens with one attached hydrogen (secondary N) is 1. The first-order chi connectivity index (χ1) is 14.4. The summed E-state index contributed by atoms with van der Waals surface area (Å²) in [6.07, 6.45) is 0.